The van der Waals surface area contributed by atoms with Crippen LogP contribution >= 0.6 is 11.3 Å². The molecule has 0 aliphatic carbocycles. The molecule has 0 saturated heterocycles. The SMILES string of the molecule is CN(Cc1ccsc1)C(=O)COc1cc(F)ccc1[N+](=O)[O-]. The van der Waals surface area contributed by atoms with Gasteiger partial charge in [-0.05, 0) is 28.5 Å². The number of amides is 1. The average Bonchev–Trinajstić information content (AvgIpc) is 2.97. The molecule has 2 aromatic rings. The quantitative estimate of drug-likeness (QED) is 0.605. The second kappa shape index (κ2) is 6.99. The normalized spacial score (nSPS) is 10.3. The minimum atomic E-state index is -0.686. The number of nitro benzene ring substituents is 1. The van der Waals surface area contributed by atoms with Gasteiger partial charge in [0, 0.05) is 25.7 Å². The van der Waals surface area contributed by atoms with E-state index in [1.165, 1.54) is 16.2 Å². The second-order valence-corrected chi connectivity index (χ2v) is 5.32. The highest BCUT2D eigenvalue weighted by Gasteiger charge is 2.18. The molecule has 1 amide bonds. The zero-order valence-electron chi connectivity index (χ0n) is 11.7. The first kappa shape index (κ1) is 15.9. The molecule has 6 nitrogen and oxygen atoms in total. The van der Waals surface area contributed by atoms with E-state index < -0.39 is 17.3 Å². The van der Waals surface area contributed by atoms with Crippen LogP contribution in [0.3, 0.4) is 0 Å². The summed E-state index contributed by atoms with van der Waals surface area (Å²) in [4.78, 5) is 23.5. The summed E-state index contributed by atoms with van der Waals surface area (Å²) in [7, 11) is 1.60. The molecule has 0 bridgehead atoms. The van der Waals surface area contributed by atoms with Gasteiger partial charge in [-0.1, -0.05) is 0 Å². The third-order valence-corrected chi connectivity index (χ3v) is 3.63. The summed E-state index contributed by atoms with van der Waals surface area (Å²) in [5.41, 5.74) is 0.604. The molecule has 0 aliphatic rings. The summed E-state index contributed by atoms with van der Waals surface area (Å²) in [6.45, 7) is 0.0157. The van der Waals surface area contributed by atoms with Gasteiger partial charge in [-0.2, -0.15) is 11.3 Å². The van der Waals surface area contributed by atoms with Crippen molar-refractivity contribution in [1.29, 1.82) is 0 Å². The lowest BCUT2D eigenvalue weighted by atomic mass is 10.3. The molecule has 1 aromatic heterocycles. The molecule has 116 valence electrons. The molecule has 22 heavy (non-hydrogen) atoms. The zero-order valence-corrected chi connectivity index (χ0v) is 12.5. The molecule has 2 rings (SSSR count). The van der Waals surface area contributed by atoms with E-state index in [0.29, 0.717) is 6.54 Å². The largest absolute Gasteiger partial charge is 0.477 e. The second-order valence-electron chi connectivity index (χ2n) is 4.54. The van der Waals surface area contributed by atoms with Crippen molar-refractivity contribution in [2.75, 3.05) is 13.7 Å². The highest BCUT2D eigenvalue weighted by molar-refractivity contribution is 7.07. The Kier molecular flexibility index (Phi) is 5.05. The summed E-state index contributed by atoms with van der Waals surface area (Å²) in [5, 5.41) is 14.7. The van der Waals surface area contributed by atoms with Gasteiger partial charge >= 0.3 is 5.69 Å². The summed E-state index contributed by atoms with van der Waals surface area (Å²) in [5.74, 6) is -1.29. The molecular weight excluding hydrogens is 311 g/mol. The Labute approximate surface area is 129 Å². The zero-order chi connectivity index (χ0) is 16.1. The van der Waals surface area contributed by atoms with E-state index >= 15 is 0 Å². The van der Waals surface area contributed by atoms with Crippen LogP contribution in [0, 0.1) is 15.9 Å². The van der Waals surface area contributed by atoms with Crippen molar-refractivity contribution in [1.82, 2.24) is 4.90 Å². The van der Waals surface area contributed by atoms with Gasteiger partial charge in [0.1, 0.15) is 5.82 Å². The van der Waals surface area contributed by atoms with E-state index in [9.17, 15) is 19.3 Å². The number of benzene rings is 1. The number of ether oxygens (including phenoxy) is 1. The van der Waals surface area contributed by atoms with Crippen LogP contribution in [-0.2, 0) is 11.3 Å². The number of carbonyl (C=O) groups excluding carboxylic acids is 1. The van der Waals surface area contributed by atoms with Gasteiger partial charge in [-0.25, -0.2) is 4.39 Å². The van der Waals surface area contributed by atoms with Crippen molar-refractivity contribution in [3.63, 3.8) is 0 Å². The van der Waals surface area contributed by atoms with Crippen LogP contribution in [0.1, 0.15) is 5.56 Å². The van der Waals surface area contributed by atoms with Crippen molar-refractivity contribution in [3.05, 3.63) is 56.5 Å². The average molecular weight is 324 g/mol. The van der Waals surface area contributed by atoms with E-state index in [1.807, 2.05) is 16.8 Å². The minimum Gasteiger partial charge on any atom is -0.477 e. The highest BCUT2D eigenvalue weighted by atomic mass is 32.1. The molecule has 0 unspecified atom stereocenters. The van der Waals surface area contributed by atoms with E-state index in [-0.39, 0.29) is 17.3 Å². The third kappa shape index (κ3) is 4.01. The molecule has 0 fully saturated rings. The first-order chi connectivity index (χ1) is 10.5. The topological polar surface area (TPSA) is 72.7 Å². The number of halogens is 1. The minimum absolute atomic E-state index is 0.262. The van der Waals surface area contributed by atoms with Crippen LogP contribution in [0.25, 0.3) is 0 Å². The predicted octanol–water partition coefficient (Wildman–Crippen LogP) is 2.83. The van der Waals surface area contributed by atoms with Crippen LogP contribution in [0.2, 0.25) is 0 Å². The van der Waals surface area contributed by atoms with Crippen LogP contribution < -0.4 is 4.74 Å². The Morgan fingerprint density at radius 1 is 1.45 bits per heavy atom. The summed E-state index contributed by atoms with van der Waals surface area (Å²) < 4.78 is 18.3. The lowest BCUT2D eigenvalue weighted by Gasteiger charge is -2.16. The van der Waals surface area contributed by atoms with Gasteiger partial charge in [-0.15, -0.1) is 0 Å². The first-order valence-corrected chi connectivity index (χ1v) is 7.23. The molecule has 0 atom stereocenters. The molecule has 8 heteroatoms. The van der Waals surface area contributed by atoms with Gasteiger partial charge in [0.15, 0.2) is 6.61 Å². The fourth-order valence-corrected chi connectivity index (χ4v) is 2.41. The Morgan fingerprint density at radius 2 is 2.23 bits per heavy atom. The van der Waals surface area contributed by atoms with E-state index in [2.05, 4.69) is 0 Å². The predicted molar refractivity (Wildman–Crippen MR) is 79.3 cm³/mol. The number of rotatable bonds is 6. The maximum atomic E-state index is 13.1. The van der Waals surface area contributed by atoms with Crippen LogP contribution in [-0.4, -0.2) is 29.4 Å². The standard InChI is InChI=1S/C14H13FN2O4S/c1-16(7-10-4-5-22-9-10)14(18)8-21-13-6-11(15)2-3-12(13)17(19)20/h2-6,9H,7-8H2,1H3. The molecule has 0 N–H and O–H groups in total. The molecule has 0 aliphatic heterocycles. The Balaban J connectivity index is 1.98. The number of thiophene rings is 1. The lowest BCUT2D eigenvalue weighted by molar-refractivity contribution is -0.385. The molecule has 1 aromatic carbocycles. The van der Waals surface area contributed by atoms with Crippen molar-refractivity contribution in [3.8, 4) is 5.75 Å². The van der Waals surface area contributed by atoms with Crippen LogP contribution in [0.15, 0.2) is 35.0 Å². The summed E-state index contributed by atoms with van der Waals surface area (Å²) >= 11 is 1.52. The third-order valence-electron chi connectivity index (χ3n) is 2.90. The lowest BCUT2D eigenvalue weighted by Crippen LogP contribution is -2.30. The van der Waals surface area contributed by atoms with Crippen molar-refractivity contribution in [2.45, 2.75) is 6.54 Å². The molecule has 0 radical (unpaired) electrons. The molecule has 0 spiro atoms. The van der Waals surface area contributed by atoms with Gasteiger partial charge in [-0.3, -0.25) is 14.9 Å². The Bertz CT molecular complexity index is 675. The van der Waals surface area contributed by atoms with E-state index in [0.717, 1.165) is 23.8 Å². The Morgan fingerprint density at radius 3 is 2.86 bits per heavy atom. The number of hydrogen-bond donors (Lipinski definition) is 0. The van der Waals surface area contributed by atoms with E-state index in [4.69, 9.17) is 4.74 Å². The number of hydrogen-bond acceptors (Lipinski definition) is 5. The summed E-state index contributed by atoms with van der Waals surface area (Å²) in [6.07, 6.45) is 0. The monoisotopic (exact) mass is 324 g/mol. The van der Waals surface area contributed by atoms with Crippen molar-refractivity contribution < 1.29 is 18.8 Å². The van der Waals surface area contributed by atoms with E-state index in [1.54, 1.807) is 7.05 Å². The fourth-order valence-electron chi connectivity index (χ4n) is 1.75. The number of nitrogens with zero attached hydrogens (tertiary/aromatic N) is 2. The Hall–Kier alpha value is -2.48. The maximum absolute atomic E-state index is 13.1. The number of carbonyl (C=O) groups is 1. The van der Waals surface area contributed by atoms with Gasteiger partial charge in [0.2, 0.25) is 5.75 Å². The molecule has 0 saturated carbocycles. The van der Waals surface area contributed by atoms with Gasteiger partial charge in [0.25, 0.3) is 5.91 Å². The van der Waals surface area contributed by atoms with Gasteiger partial charge in [0.05, 0.1) is 4.92 Å². The fraction of sp³-hybridized carbons (Fsp3) is 0.214. The van der Waals surface area contributed by atoms with Crippen LogP contribution in [0.5, 0.6) is 5.75 Å². The molecule has 1 heterocycles. The highest BCUT2D eigenvalue weighted by Crippen LogP contribution is 2.27. The number of likely N-dealkylation sites (N-methyl/N-ethyl adjacent to an activating group) is 1. The maximum Gasteiger partial charge on any atom is 0.311 e. The van der Waals surface area contributed by atoms with Gasteiger partial charge < -0.3 is 9.64 Å². The molecular formula is C14H13FN2O4S. The van der Waals surface area contributed by atoms with Crippen LogP contribution in [0.4, 0.5) is 10.1 Å². The van der Waals surface area contributed by atoms with Crippen molar-refractivity contribution in [2.24, 2.45) is 0 Å². The number of nitro groups is 1. The first-order valence-electron chi connectivity index (χ1n) is 6.29. The smallest absolute Gasteiger partial charge is 0.311 e. The summed E-state index contributed by atoms with van der Waals surface area (Å²) in [6, 6.07) is 4.76. The van der Waals surface area contributed by atoms with Crippen molar-refractivity contribution >= 4 is 22.9 Å².